The van der Waals surface area contributed by atoms with E-state index >= 15 is 0 Å². The number of benzene rings is 6. The van der Waals surface area contributed by atoms with Crippen LogP contribution >= 0.6 is 0 Å². The van der Waals surface area contributed by atoms with E-state index in [4.69, 9.17) is 22.3 Å². The molecule has 11 nitrogen and oxygen atoms in total. The molecule has 2 heterocycles. The molecule has 0 aliphatic heterocycles. The predicted molar refractivity (Wildman–Crippen MR) is 249 cm³/mol. The molecule has 0 aliphatic rings. The van der Waals surface area contributed by atoms with E-state index in [0.29, 0.717) is 61.1 Å². The molecule has 2 aromatic heterocycles. The van der Waals surface area contributed by atoms with Crippen LogP contribution in [0.25, 0.3) is 44.1 Å². The Labute approximate surface area is 380 Å². The van der Waals surface area contributed by atoms with Gasteiger partial charge in [0.15, 0.2) is 0 Å². The topological polar surface area (TPSA) is 196 Å². The van der Waals surface area contributed by atoms with Crippen LogP contribution in [0.4, 0.5) is 49.6 Å². The second-order valence-electron chi connectivity index (χ2n) is 16.0. The lowest BCUT2D eigenvalue weighted by Crippen LogP contribution is -2.14. The van der Waals surface area contributed by atoms with Gasteiger partial charge >= 0.3 is 18.3 Å². The predicted octanol–water partition coefficient (Wildman–Crippen LogP) is 12.3. The molecule has 8 rings (SSSR count). The Morgan fingerprint density at radius 1 is 0.552 bits per heavy atom. The minimum Gasteiger partial charge on any atom is -0.478 e. The fourth-order valence-electron chi connectivity index (χ4n) is 6.74. The Balaban J connectivity index is 0.000000186. The van der Waals surface area contributed by atoms with E-state index in [1.165, 1.54) is 24.5 Å². The van der Waals surface area contributed by atoms with Crippen LogP contribution in [-0.4, -0.2) is 36.9 Å². The zero-order valence-electron chi connectivity index (χ0n) is 36.4. The van der Waals surface area contributed by atoms with Crippen molar-refractivity contribution in [3.05, 3.63) is 167 Å². The molecule has 0 bridgehead atoms. The second kappa shape index (κ2) is 20.0. The van der Waals surface area contributed by atoms with Crippen LogP contribution in [0.3, 0.4) is 0 Å². The molecule has 0 spiro atoms. The molecule has 1 amide bonds. The van der Waals surface area contributed by atoms with Crippen LogP contribution in [-0.2, 0) is 12.4 Å². The monoisotopic (exact) mass is 918 g/mol. The molecule has 0 fully saturated rings. The number of nitrogens with two attached hydrogens (primary N) is 3. The van der Waals surface area contributed by atoms with Crippen LogP contribution in [0.5, 0.6) is 0 Å². The summed E-state index contributed by atoms with van der Waals surface area (Å²) in [6.07, 6.45) is -5.99. The highest BCUT2D eigenvalue weighted by molar-refractivity contribution is 6.05. The first kappa shape index (κ1) is 48.4. The van der Waals surface area contributed by atoms with Gasteiger partial charge in [0, 0.05) is 40.1 Å². The number of halogens is 6. The number of nitrogens with one attached hydrogen (secondary N) is 1. The van der Waals surface area contributed by atoms with Gasteiger partial charge in [-0.3, -0.25) is 4.79 Å². The molecule has 17 heteroatoms. The number of carboxylic acids is 1. The minimum absolute atomic E-state index is 0.0495. The van der Waals surface area contributed by atoms with E-state index in [0.717, 1.165) is 35.4 Å². The second-order valence-corrected chi connectivity index (χ2v) is 16.0. The Hall–Kier alpha value is -8.08. The molecule has 0 radical (unpaired) electrons. The fourth-order valence-corrected chi connectivity index (χ4v) is 6.74. The van der Waals surface area contributed by atoms with Crippen molar-refractivity contribution in [3.63, 3.8) is 0 Å². The van der Waals surface area contributed by atoms with Gasteiger partial charge in [0.1, 0.15) is 0 Å². The molecule has 0 unspecified atom stereocenters. The number of nitrogen functional groups attached to an aromatic ring is 3. The third-order valence-corrected chi connectivity index (χ3v) is 10.3. The van der Waals surface area contributed by atoms with E-state index in [1.54, 1.807) is 72.8 Å². The average molecular weight is 919 g/mol. The lowest BCUT2D eigenvalue weighted by atomic mass is 9.99. The largest absolute Gasteiger partial charge is 0.478 e. The van der Waals surface area contributed by atoms with Crippen LogP contribution in [0.15, 0.2) is 134 Å². The number of nitrogens with zero attached hydrogens (tertiary/aromatic N) is 4. The summed E-state index contributed by atoms with van der Waals surface area (Å²) < 4.78 is 79.5. The molecular formula is C50H44F6N8O3. The molecular weight excluding hydrogens is 875 g/mol. The number of anilines is 4. The summed E-state index contributed by atoms with van der Waals surface area (Å²) >= 11 is 0. The van der Waals surface area contributed by atoms with E-state index in [-0.39, 0.29) is 29.2 Å². The normalized spacial score (nSPS) is 11.5. The van der Waals surface area contributed by atoms with Gasteiger partial charge in [-0.2, -0.15) is 26.3 Å². The molecule has 0 saturated carbocycles. The summed E-state index contributed by atoms with van der Waals surface area (Å²) in [6.45, 7) is 8.08. The lowest BCUT2D eigenvalue weighted by molar-refractivity contribution is -0.138. The first-order valence-corrected chi connectivity index (χ1v) is 20.5. The maximum absolute atomic E-state index is 13.6. The first-order valence-electron chi connectivity index (χ1n) is 20.5. The van der Waals surface area contributed by atoms with Gasteiger partial charge in [-0.15, -0.1) is 0 Å². The number of aromatic carboxylic acids is 1. The van der Waals surface area contributed by atoms with Crippen molar-refractivity contribution in [2.24, 2.45) is 0 Å². The van der Waals surface area contributed by atoms with Crippen LogP contribution in [0.1, 0.15) is 82.5 Å². The number of amides is 1. The number of carbonyl (C=O) groups is 2. The number of carboxylic acid groups (broad SMARTS) is 1. The number of rotatable bonds is 7. The summed E-state index contributed by atoms with van der Waals surface area (Å²) in [4.78, 5) is 39.3. The van der Waals surface area contributed by atoms with Gasteiger partial charge in [-0.1, -0.05) is 64.1 Å². The zero-order valence-corrected chi connectivity index (χ0v) is 36.4. The fraction of sp³-hybridized carbons (Fsp3) is 0.160. The van der Waals surface area contributed by atoms with E-state index < -0.39 is 35.4 Å². The zero-order chi connectivity index (χ0) is 48.8. The van der Waals surface area contributed by atoms with Gasteiger partial charge in [0.05, 0.1) is 27.7 Å². The first-order chi connectivity index (χ1) is 31.5. The Bertz CT molecular complexity index is 3100. The summed E-state index contributed by atoms with van der Waals surface area (Å²) in [6, 6.07) is 31.1. The van der Waals surface area contributed by atoms with E-state index in [9.17, 15) is 35.9 Å². The molecule has 0 atom stereocenters. The molecule has 8 aromatic rings. The molecule has 6 aromatic carbocycles. The Morgan fingerprint density at radius 2 is 1.01 bits per heavy atom. The van der Waals surface area contributed by atoms with Gasteiger partial charge in [-0.25, -0.2) is 24.7 Å². The molecule has 8 N–H and O–H groups in total. The van der Waals surface area contributed by atoms with Crippen molar-refractivity contribution in [3.8, 4) is 22.3 Å². The number of aromatic nitrogens is 4. The van der Waals surface area contributed by atoms with Crippen molar-refractivity contribution in [1.29, 1.82) is 0 Å². The van der Waals surface area contributed by atoms with Crippen LogP contribution < -0.4 is 22.5 Å². The summed E-state index contributed by atoms with van der Waals surface area (Å²) in [5.74, 6) is -0.499. The highest BCUT2D eigenvalue weighted by Crippen LogP contribution is 2.37. The van der Waals surface area contributed by atoms with Crippen LogP contribution in [0.2, 0.25) is 0 Å². The maximum atomic E-state index is 13.6. The Morgan fingerprint density at radius 3 is 1.49 bits per heavy atom. The average Bonchev–Trinajstić information content (AvgIpc) is 3.28. The molecule has 0 aliphatic carbocycles. The third kappa shape index (κ3) is 12.6. The number of fused-ring (bicyclic) bond motifs is 2. The number of hydrogen-bond donors (Lipinski definition) is 5. The number of alkyl halides is 6. The lowest BCUT2D eigenvalue weighted by Gasteiger charge is -2.14. The van der Waals surface area contributed by atoms with Crippen molar-refractivity contribution in [2.45, 2.75) is 51.9 Å². The summed E-state index contributed by atoms with van der Waals surface area (Å²) in [5.41, 5.74) is 20.9. The third-order valence-electron chi connectivity index (χ3n) is 10.3. The summed E-state index contributed by atoms with van der Waals surface area (Å²) in [5, 5.41) is 12.6. The maximum Gasteiger partial charge on any atom is 0.416 e. The van der Waals surface area contributed by atoms with Gasteiger partial charge in [-0.05, 0) is 130 Å². The number of carbonyl (C=O) groups excluding carboxylic acids is 1. The molecule has 0 saturated heterocycles. The van der Waals surface area contributed by atoms with Crippen molar-refractivity contribution < 1.29 is 41.0 Å². The van der Waals surface area contributed by atoms with E-state index in [2.05, 4.69) is 25.3 Å². The van der Waals surface area contributed by atoms with Crippen molar-refractivity contribution >= 4 is 57.0 Å². The summed E-state index contributed by atoms with van der Waals surface area (Å²) in [7, 11) is 0. The standard InChI is InChI=1S/C25H21F3N4O.C15H11F3N4.C10H12O2/c1-14(2)15-4-3-5-17(8-15)23(33)31-21-11-18(10-20(12-21)25(26,27)28)16-6-7-22-19(9-16)13-30-24(29)32-22;16-15(17,18)11-4-9(5-12(19)6-11)8-1-2-13-10(3-8)7-21-14(20)22-13;1-7(2)8-4-3-5-9(6-8)10(11)12/h3-14H,1-2H3,(H,31,33)(H2,29,30,32);1-7H,19H2,(H2,20,21,22);3-7H,1-2H3,(H,11,12). The SMILES string of the molecule is CC(C)c1cccc(C(=O)Nc2cc(-c3ccc4nc(N)ncc4c3)cc(C(F)(F)F)c2)c1.CC(C)c1cccc(C(=O)O)c1.Nc1cc(-c2ccc3nc(N)ncc3c2)cc(C(F)(F)F)c1. The van der Waals surface area contributed by atoms with Crippen LogP contribution in [0, 0.1) is 0 Å². The van der Waals surface area contributed by atoms with Gasteiger partial charge < -0.3 is 27.6 Å². The Kier molecular flexibility index (Phi) is 14.4. The molecule has 67 heavy (non-hydrogen) atoms. The highest BCUT2D eigenvalue weighted by Gasteiger charge is 2.32. The van der Waals surface area contributed by atoms with E-state index in [1.807, 2.05) is 39.8 Å². The smallest absolute Gasteiger partial charge is 0.416 e. The van der Waals surface area contributed by atoms with Gasteiger partial charge in [0.2, 0.25) is 11.9 Å². The van der Waals surface area contributed by atoms with Crippen molar-refractivity contribution in [2.75, 3.05) is 22.5 Å². The van der Waals surface area contributed by atoms with Gasteiger partial charge in [0.25, 0.3) is 5.91 Å². The quantitative estimate of drug-likeness (QED) is 0.0758. The number of hydrogen-bond acceptors (Lipinski definition) is 9. The molecule has 344 valence electrons. The van der Waals surface area contributed by atoms with Crippen molar-refractivity contribution in [1.82, 2.24) is 19.9 Å². The minimum atomic E-state index is -4.58. The highest BCUT2D eigenvalue weighted by atomic mass is 19.4.